The number of hydrogen-bond acceptors (Lipinski definition) is 5. The second-order valence-electron chi connectivity index (χ2n) is 7.30. The molecule has 0 spiro atoms. The molecule has 7 nitrogen and oxygen atoms in total. The van der Waals surface area contributed by atoms with Crippen molar-refractivity contribution < 1.29 is 14.3 Å². The number of ether oxygens (including phenoxy) is 1. The van der Waals surface area contributed by atoms with E-state index < -0.39 is 18.5 Å². The second kappa shape index (κ2) is 9.75. The van der Waals surface area contributed by atoms with Gasteiger partial charge in [-0.05, 0) is 56.5 Å². The topological polar surface area (TPSA) is 86.1 Å². The van der Waals surface area contributed by atoms with Crippen molar-refractivity contribution in [3.8, 4) is 5.82 Å². The Hall–Kier alpha value is -3.19. The number of nitrogens with zero attached hydrogens (tertiary/aromatic N) is 3. The fourth-order valence-electron chi connectivity index (χ4n) is 3.16. The van der Waals surface area contributed by atoms with Crippen LogP contribution in [0.1, 0.15) is 52.9 Å². The number of amides is 1. The first-order valence-electron chi connectivity index (χ1n) is 10.0. The Labute approximate surface area is 186 Å². The van der Waals surface area contributed by atoms with Gasteiger partial charge in [0, 0.05) is 5.69 Å². The van der Waals surface area contributed by atoms with Crippen LogP contribution in [-0.2, 0) is 16.0 Å². The predicted molar refractivity (Wildman–Crippen MR) is 119 cm³/mol. The summed E-state index contributed by atoms with van der Waals surface area (Å²) >= 11 is 6.13. The number of rotatable bonds is 7. The summed E-state index contributed by atoms with van der Waals surface area (Å²) in [6.07, 6.45) is 0.953. The third-order valence-corrected chi connectivity index (χ3v) is 5.16. The minimum Gasteiger partial charge on any atom is -0.451 e. The lowest BCUT2D eigenvalue weighted by Gasteiger charge is -2.15. The lowest BCUT2D eigenvalue weighted by molar-refractivity contribution is -0.124. The molecule has 162 valence electrons. The maximum Gasteiger partial charge on any atom is 0.359 e. The minimum atomic E-state index is -0.775. The van der Waals surface area contributed by atoms with E-state index in [1.807, 2.05) is 51.1 Å². The Kier molecular flexibility index (Phi) is 7.07. The molecule has 0 saturated heterocycles. The summed E-state index contributed by atoms with van der Waals surface area (Å²) < 4.78 is 6.75. The Morgan fingerprint density at radius 3 is 2.48 bits per heavy atom. The average molecular weight is 441 g/mol. The molecule has 31 heavy (non-hydrogen) atoms. The van der Waals surface area contributed by atoms with Crippen LogP contribution in [0.15, 0.2) is 42.5 Å². The zero-order valence-corrected chi connectivity index (χ0v) is 18.7. The Balaban J connectivity index is 1.62. The first kappa shape index (κ1) is 22.5. The quantitative estimate of drug-likeness (QED) is 0.558. The number of benzene rings is 1. The van der Waals surface area contributed by atoms with Gasteiger partial charge in [-0.2, -0.15) is 5.10 Å². The van der Waals surface area contributed by atoms with E-state index in [1.165, 1.54) is 5.56 Å². The standard InChI is InChI=1S/C23H25ClN4O3/c1-5-17-6-8-18(9-7-17)16(4)25-21(29)13-31-23(30)22-19(24)10-11-20(26-22)28-15(3)12-14(2)27-28/h6-12,16H,5,13H2,1-4H3,(H,25,29). The summed E-state index contributed by atoms with van der Waals surface area (Å²) in [7, 11) is 0. The number of aromatic nitrogens is 3. The van der Waals surface area contributed by atoms with Gasteiger partial charge >= 0.3 is 5.97 Å². The van der Waals surface area contributed by atoms with Gasteiger partial charge in [0.15, 0.2) is 18.1 Å². The summed E-state index contributed by atoms with van der Waals surface area (Å²) in [6.45, 7) is 7.28. The maximum atomic E-state index is 12.5. The molecular formula is C23H25ClN4O3. The van der Waals surface area contributed by atoms with E-state index >= 15 is 0 Å². The largest absolute Gasteiger partial charge is 0.451 e. The molecule has 0 radical (unpaired) electrons. The lowest BCUT2D eigenvalue weighted by Crippen LogP contribution is -2.31. The third-order valence-electron chi connectivity index (χ3n) is 4.85. The molecule has 1 N–H and O–H groups in total. The van der Waals surface area contributed by atoms with Crippen LogP contribution in [0.5, 0.6) is 0 Å². The molecule has 0 aliphatic carbocycles. The second-order valence-corrected chi connectivity index (χ2v) is 7.71. The van der Waals surface area contributed by atoms with E-state index in [4.69, 9.17) is 16.3 Å². The molecule has 0 saturated carbocycles. The Morgan fingerprint density at radius 1 is 1.16 bits per heavy atom. The number of nitrogens with one attached hydrogen (secondary N) is 1. The highest BCUT2D eigenvalue weighted by Gasteiger charge is 2.19. The summed E-state index contributed by atoms with van der Waals surface area (Å²) in [5.41, 5.74) is 3.82. The van der Waals surface area contributed by atoms with Gasteiger partial charge in [0.1, 0.15) is 0 Å². The summed E-state index contributed by atoms with van der Waals surface area (Å²) in [5, 5.41) is 7.31. The fourth-order valence-corrected chi connectivity index (χ4v) is 3.34. The van der Waals surface area contributed by atoms with Crippen molar-refractivity contribution >= 4 is 23.5 Å². The van der Waals surface area contributed by atoms with Gasteiger partial charge in [0.25, 0.3) is 5.91 Å². The van der Waals surface area contributed by atoms with E-state index in [-0.39, 0.29) is 16.8 Å². The van der Waals surface area contributed by atoms with Crippen LogP contribution in [0.2, 0.25) is 5.02 Å². The van der Waals surface area contributed by atoms with Crippen molar-refractivity contribution in [2.45, 2.75) is 40.2 Å². The van der Waals surface area contributed by atoms with Crippen LogP contribution in [0.4, 0.5) is 0 Å². The van der Waals surface area contributed by atoms with Gasteiger partial charge in [0.2, 0.25) is 0 Å². The van der Waals surface area contributed by atoms with Crippen molar-refractivity contribution in [3.63, 3.8) is 0 Å². The van der Waals surface area contributed by atoms with Gasteiger partial charge in [-0.15, -0.1) is 0 Å². The zero-order chi connectivity index (χ0) is 22.5. The monoisotopic (exact) mass is 440 g/mol. The summed E-state index contributed by atoms with van der Waals surface area (Å²) in [5.74, 6) is -0.745. The summed E-state index contributed by atoms with van der Waals surface area (Å²) in [6, 6.07) is 12.9. The maximum absolute atomic E-state index is 12.5. The van der Waals surface area contributed by atoms with Gasteiger partial charge in [-0.3, -0.25) is 4.79 Å². The lowest BCUT2D eigenvalue weighted by atomic mass is 10.1. The van der Waals surface area contributed by atoms with Crippen LogP contribution < -0.4 is 5.32 Å². The normalized spacial score (nSPS) is 11.8. The van der Waals surface area contributed by atoms with E-state index in [1.54, 1.807) is 16.8 Å². The molecule has 2 aromatic heterocycles. The van der Waals surface area contributed by atoms with Crippen LogP contribution in [-0.4, -0.2) is 33.2 Å². The molecule has 1 unspecified atom stereocenters. The number of esters is 1. The van der Waals surface area contributed by atoms with Gasteiger partial charge in [-0.1, -0.05) is 42.8 Å². The van der Waals surface area contributed by atoms with Crippen molar-refractivity contribution in [1.29, 1.82) is 0 Å². The summed E-state index contributed by atoms with van der Waals surface area (Å²) in [4.78, 5) is 29.0. The molecule has 3 rings (SSSR count). The third kappa shape index (κ3) is 5.49. The van der Waals surface area contributed by atoms with Gasteiger partial charge < -0.3 is 10.1 Å². The molecule has 0 aliphatic rings. The first-order chi connectivity index (χ1) is 14.8. The number of carbonyl (C=O) groups excluding carboxylic acids is 2. The van der Waals surface area contributed by atoms with Crippen molar-refractivity contribution in [2.24, 2.45) is 0 Å². The van der Waals surface area contributed by atoms with Crippen molar-refractivity contribution in [1.82, 2.24) is 20.1 Å². The SMILES string of the molecule is CCc1ccc(C(C)NC(=O)COC(=O)c2nc(-n3nc(C)cc3C)ccc2Cl)cc1. The molecule has 1 atom stereocenters. The molecule has 3 aromatic rings. The zero-order valence-electron chi connectivity index (χ0n) is 18.0. The van der Waals surface area contributed by atoms with Crippen LogP contribution in [0, 0.1) is 13.8 Å². The molecule has 2 heterocycles. The molecule has 1 aromatic carbocycles. The fraction of sp³-hybridized carbons (Fsp3) is 0.304. The van der Waals surface area contributed by atoms with E-state index in [0.717, 1.165) is 23.4 Å². The highest BCUT2D eigenvalue weighted by Crippen LogP contribution is 2.19. The molecule has 1 amide bonds. The molecular weight excluding hydrogens is 416 g/mol. The minimum absolute atomic E-state index is 0.0669. The first-order valence-corrected chi connectivity index (χ1v) is 10.4. The smallest absolute Gasteiger partial charge is 0.359 e. The molecule has 0 fully saturated rings. The highest BCUT2D eigenvalue weighted by atomic mass is 35.5. The Morgan fingerprint density at radius 2 is 1.87 bits per heavy atom. The van der Waals surface area contributed by atoms with Crippen LogP contribution >= 0.6 is 11.6 Å². The Bertz CT molecular complexity index is 1090. The van der Waals surface area contributed by atoms with Crippen molar-refractivity contribution in [3.05, 3.63) is 75.7 Å². The van der Waals surface area contributed by atoms with Crippen LogP contribution in [0.3, 0.4) is 0 Å². The van der Waals surface area contributed by atoms with Crippen molar-refractivity contribution in [2.75, 3.05) is 6.61 Å². The number of carbonyl (C=O) groups is 2. The highest BCUT2D eigenvalue weighted by molar-refractivity contribution is 6.33. The van der Waals surface area contributed by atoms with Crippen LogP contribution in [0.25, 0.3) is 5.82 Å². The van der Waals surface area contributed by atoms with E-state index in [2.05, 4.69) is 22.3 Å². The van der Waals surface area contributed by atoms with Gasteiger partial charge in [0.05, 0.1) is 16.8 Å². The number of halogens is 1. The number of pyridine rings is 1. The molecule has 0 bridgehead atoms. The van der Waals surface area contributed by atoms with E-state index in [9.17, 15) is 9.59 Å². The molecule has 0 aliphatic heterocycles. The average Bonchev–Trinajstić information content (AvgIpc) is 3.10. The predicted octanol–water partition coefficient (Wildman–Crippen LogP) is 4.13. The van der Waals surface area contributed by atoms with Gasteiger partial charge in [-0.25, -0.2) is 14.5 Å². The number of aryl methyl sites for hydroxylation is 3. The molecule has 8 heteroatoms. The van der Waals surface area contributed by atoms with E-state index in [0.29, 0.717) is 5.82 Å². The number of hydrogen-bond donors (Lipinski definition) is 1.